The Morgan fingerprint density at radius 1 is 1.13 bits per heavy atom. The number of hydrogen-bond acceptors (Lipinski definition) is 6. The molecule has 9 nitrogen and oxygen atoms in total. The van der Waals surface area contributed by atoms with Gasteiger partial charge in [0.1, 0.15) is 0 Å². The van der Waals surface area contributed by atoms with Crippen LogP contribution in [-0.4, -0.2) is 51.0 Å². The fourth-order valence-corrected chi connectivity index (χ4v) is 4.19. The van der Waals surface area contributed by atoms with Crippen molar-refractivity contribution in [2.75, 3.05) is 24.8 Å². The predicted molar refractivity (Wildman–Crippen MR) is 115 cm³/mol. The Balaban J connectivity index is 1.97. The lowest BCUT2D eigenvalue weighted by atomic mass is 10.1. The third kappa shape index (κ3) is 4.34. The maximum atomic E-state index is 12.5. The Kier molecular flexibility index (Phi) is 5.90. The van der Waals surface area contributed by atoms with Crippen molar-refractivity contribution in [3.8, 4) is 0 Å². The fourth-order valence-electron chi connectivity index (χ4n) is 2.91. The monoisotopic (exact) mass is 429 g/mol. The third-order valence-electron chi connectivity index (χ3n) is 4.26. The van der Waals surface area contributed by atoms with Crippen molar-refractivity contribution in [1.29, 1.82) is 0 Å². The quantitative estimate of drug-likeness (QED) is 0.605. The molecule has 10 heteroatoms. The van der Waals surface area contributed by atoms with E-state index in [9.17, 15) is 18.0 Å². The van der Waals surface area contributed by atoms with Crippen LogP contribution in [0.15, 0.2) is 52.5 Å². The van der Waals surface area contributed by atoms with Gasteiger partial charge in [0.2, 0.25) is 10.0 Å². The Morgan fingerprint density at radius 2 is 1.83 bits per heavy atom. The average molecular weight is 430 g/mol. The van der Waals surface area contributed by atoms with Crippen LogP contribution in [0.2, 0.25) is 0 Å². The number of carbonyl (C=O) groups excluding carboxylic acids is 2. The molecule has 0 saturated heterocycles. The minimum atomic E-state index is -3.73. The fraction of sp³-hybridized carbons (Fsp3) is 0.250. The molecule has 0 saturated carbocycles. The molecular formula is C20H23N5O4S. The van der Waals surface area contributed by atoms with E-state index < -0.39 is 15.9 Å². The van der Waals surface area contributed by atoms with E-state index >= 15 is 0 Å². The summed E-state index contributed by atoms with van der Waals surface area (Å²) in [4.78, 5) is 26.2. The molecule has 158 valence electrons. The molecule has 0 spiro atoms. The number of anilines is 2. The van der Waals surface area contributed by atoms with Gasteiger partial charge >= 0.3 is 0 Å². The predicted octanol–water partition coefficient (Wildman–Crippen LogP) is 1.84. The third-order valence-corrected chi connectivity index (χ3v) is 5.92. The van der Waals surface area contributed by atoms with Crippen LogP contribution in [0.4, 0.5) is 11.4 Å². The lowest BCUT2D eigenvalue weighted by Gasteiger charge is -2.13. The first kappa shape index (κ1) is 21.5. The van der Waals surface area contributed by atoms with Crippen molar-refractivity contribution in [2.24, 2.45) is 5.10 Å². The van der Waals surface area contributed by atoms with Gasteiger partial charge in [-0.1, -0.05) is 12.1 Å². The lowest BCUT2D eigenvalue weighted by molar-refractivity contribution is -0.110. The molecule has 0 bridgehead atoms. The van der Waals surface area contributed by atoms with Gasteiger partial charge in [0.15, 0.2) is 5.71 Å². The SMILES string of the molecule is CC(C)NS(=O)(=O)c1ccc2c(c1)/C(=N/Nc1ccccc1C(=O)N(C)C)C(=O)N2. The van der Waals surface area contributed by atoms with E-state index in [4.69, 9.17) is 0 Å². The van der Waals surface area contributed by atoms with Gasteiger partial charge in [-0.25, -0.2) is 13.1 Å². The second-order valence-corrected chi connectivity index (χ2v) is 8.97. The van der Waals surface area contributed by atoms with Gasteiger partial charge in [0, 0.05) is 25.7 Å². The number of rotatable bonds is 6. The molecule has 2 aromatic carbocycles. The minimum absolute atomic E-state index is 0.0266. The first-order chi connectivity index (χ1) is 14.1. The number of fused-ring (bicyclic) bond motifs is 1. The molecule has 0 atom stereocenters. The second-order valence-electron chi connectivity index (χ2n) is 7.25. The van der Waals surface area contributed by atoms with Crippen LogP contribution in [0, 0.1) is 0 Å². The smallest absolute Gasteiger partial charge is 0.276 e. The topological polar surface area (TPSA) is 120 Å². The number of benzene rings is 2. The first-order valence-electron chi connectivity index (χ1n) is 9.22. The highest BCUT2D eigenvalue weighted by Crippen LogP contribution is 2.27. The van der Waals surface area contributed by atoms with E-state index in [1.807, 2.05) is 0 Å². The zero-order valence-electron chi connectivity index (χ0n) is 17.1. The van der Waals surface area contributed by atoms with Crippen LogP contribution in [0.25, 0.3) is 0 Å². The highest BCUT2D eigenvalue weighted by Gasteiger charge is 2.29. The van der Waals surface area contributed by atoms with E-state index in [-0.39, 0.29) is 22.6 Å². The molecule has 3 N–H and O–H groups in total. The molecular weight excluding hydrogens is 406 g/mol. The summed E-state index contributed by atoms with van der Waals surface area (Å²) in [6, 6.07) is 10.8. The number of hydrazone groups is 1. The highest BCUT2D eigenvalue weighted by molar-refractivity contribution is 7.89. The summed E-state index contributed by atoms with van der Waals surface area (Å²) >= 11 is 0. The molecule has 1 heterocycles. The van der Waals surface area contributed by atoms with Crippen molar-refractivity contribution in [2.45, 2.75) is 24.8 Å². The molecule has 30 heavy (non-hydrogen) atoms. The normalized spacial score (nSPS) is 14.6. The van der Waals surface area contributed by atoms with Crippen LogP contribution < -0.4 is 15.5 Å². The lowest BCUT2D eigenvalue weighted by Crippen LogP contribution is -2.30. The molecule has 2 amide bonds. The largest absolute Gasteiger partial charge is 0.345 e. The van der Waals surface area contributed by atoms with Crippen molar-refractivity contribution >= 4 is 38.9 Å². The summed E-state index contributed by atoms with van der Waals surface area (Å²) in [7, 11) is -0.456. The second kappa shape index (κ2) is 8.25. The van der Waals surface area contributed by atoms with Gasteiger partial charge in [-0.05, 0) is 44.2 Å². The molecule has 0 fully saturated rings. The highest BCUT2D eigenvalue weighted by atomic mass is 32.2. The number of nitrogens with zero attached hydrogens (tertiary/aromatic N) is 2. The standard InChI is InChI=1S/C20H23N5O4S/c1-12(2)24-30(28,29)13-9-10-16-15(11-13)18(19(26)21-16)23-22-17-8-6-5-7-14(17)20(27)25(3)4/h5-12,22,24H,1-4H3,(H,21,23,26). The minimum Gasteiger partial charge on any atom is -0.345 e. The molecule has 1 aliphatic heterocycles. The summed E-state index contributed by atoms with van der Waals surface area (Å²) in [5.41, 5.74) is 4.43. The Morgan fingerprint density at radius 3 is 2.50 bits per heavy atom. The number of hydrogen-bond donors (Lipinski definition) is 3. The van der Waals surface area contributed by atoms with E-state index in [1.54, 1.807) is 52.2 Å². The Hall–Kier alpha value is -3.24. The van der Waals surface area contributed by atoms with Crippen molar-refractivity contribution < 1.29 is 18.0 Å². The number of nitrogens with one attached hydrogen (secondary N) is 3. The number of amides is 2. The van der Waals surface area contributed by atoms with Crippen molar-refractivity contribution in [3.63, 3.8) is 0 Å². The van der Waals surface area contributed by atoms with Crippen LogP contribution in [0.3, 0.4) is 0 Å². The van der Waals surface area contributed by atoms with Gasteiger partial charge in [0.05, 0.1) is 21.8 Å². The number of carbonyl (C=O) groups is 2. The van der Waals surface area contributed by atoms with Crippen molar-refractivity contribution in [3.05, 3.63) is 53.6 Å². The van der Waals surface area contributed by atoms with Gasteiger partial charge in [-0.3, -0.25) is 15.0 Å². The maximum absolute atomic E-state index is 12.5. The summed E-state index contributed by atoms with van der Waals surface area (Å²) in [6.45, 7) is 3.44. The van der Waals surface area contributed by atoms with Crippen LogP contribution in [-0.2, 0) is 14.8 Å². The molecule has 0 aliphatic carbocycles. The van der Waals surface area contributed by atoms with E-state index in [1.165, 1.54) is 23.1 Å². The van der Waals surface area contributed by atoms with Crippen LogP contribution in [0.5, 0.6) is 0 Å². The molecule has 0 unspecified atom stereocenters. The van der Waals surface area contributed by atoms with Crippen LogP contribution in [0.1, 0.15) is 29.8 Å². The van der Waals surface area contributed by atoms with Gasteiger partial charge in [0.25, 0.3) is 11.8 Å². The Labute approximate surface area is 175 Å². The maximum Gasteiger partial charge on any atom is 0.276 e. The molecule has 3 rings (SSSR count). The number of sulfonamides is 1. The van der Waals surface area contributed by atoms with Gasteiger partial charge in [-0.15, -0.1) is 0 Å². The van der Waals surface area contributed by atoms with Crippen molar-refractivity contribution in [1.82, 2.24) is 9.62 Å². The summed E-state index contributed by atoms with van der Waals surface area (Å²) in [6.07, 6.45) is 0. The van der Waals surface area contributed by atoms with E-state index in [0.717, 1.165) is 0 Å². The van der Waals surface area contributed by atoms with E-state index in [0.29, 0.717) is 22.5 Å². The molecule has 2 aromatic rings. The summed E-state index contributed by atoms with van der Waals surface area (Å²) < 4.78 is 27.5. The molecule has 0 radical (unpaired) electrons. The van der Waals surface area contributed by atoms with Crippen LogP contribution >= 0.6 is 0 Å². The molecule has 1 aliphatic rings. The van der Waals surface area contributed by atoms with Gasteiger partial charge < -0.3 is 10.2 Å². The van der Waals surface area contributed by atoms with E-state index in [2.05, 4.69) is 20.6 Å². The first-order valence-corrected chi connectivity index (χ1v) is 10.7. The Bertz CT molecular complexity index is 1140. The average Bonchev–Trinajstić information content (AvgIpc) is 2.99. The summed E-state index contributed by atoms with van der Waals surface area (Å²) in [5, 5.41) is 6.83. The summed E-state index contributed by atoms with van der Waals surface area (Å²) in [5.74, 6) is -0.692. The number of para-hydroxylation sites is 1. The zero-order chi connectivity index (χ0) is 22.1. The van der Waals surface area contributed by atoms with Gasteiger partial charge in [-0.2, -0.15) is 5.10 Å². The zero-order valence-corrected chi connectivity index (χ0v) is 17.9. The molecule has 0 aromatic heterocycles.